The van der Waals surface area contributed by atoms with Crippen molar-refractivity contribution in [2.45, 2.75) is 13.0 Å². The molecular weight excluding hydrogens is 166 g/mol. The molecule has 62 valence electrons. The Balaban J connectivity index is 2.73. The highest BCUT2D eigenvalue weighted by Crippen LogP contribution is 2.26. The van der Waals surface area contributed by atoms with Crippen LogP contribution in [0.15, 0.2) is 29.6 Å². The van der Waals surface area contributed by atoms with Crippen LogP contribution in [0.2, 0.25) is 0 Å². The van der Waals surface area contributed by atoms with Gasteiger partial charge >= 0.3 is 0 Å². The fraction of sp³-hybridized carbons (Fsp3) is 0.200. The summed E-state index contributed by atoms with van der Waals surface area (Å²) in [6.45, 7) is 2.02. The van der Waals surface area contributed by atoms with E-state index in [0.29, 0.717) is 0 Å². The zero-order valence-corrected chi connectivity index (χ0v) is 7.77. The van der Waals surface area contributed by atoms with Gasteiger partial charge in [0.25, 0.3) is 0 Å². The van der Waals surface area contributed by atoms with Crippen molar-refractivity contribution in [2.75, 3.05) is 0 Å². The maximum Gasteiger partial charge on any atom is 0.0346 e. The van der Waals surface area contributed by atoms with E-state index in [-0.39, 0.29) is 6.04 Å². The van der Waals surface area contributed by atoms with Gasteiger partial charge in [0.15, 0.2) is 0 Å². The molecule has 0 aliphatic rings. The highest BCUT2D eigenvalue weighted by molar-refractivity contribution is 7.17. The Bertz CT molecular complexity index is 389. The highest BCUT2D eigenvalue weighted by atomic mass is 32.1. The van der Waals surface area contributed by atoms with Crippen molar-refractivity contribution in [3.63, 3.8) is 0 Å². The van der Waals surface area contributed by atoms with Gasteiger partial charge in [-0.3, -0.25) is 0 Å². The van der Waals surface area contributed by atoms with Crippen LogP contribution in [-0.4, -0.2) is 0 Å². The lowest BCUT2D eigenvalue weighted by Gasteiger charge is -2.05. The number of nitrogens with two attached hydrogens (primary N) is 1. The smallest absolute Gasteiger partial charge is 0.0346 e. The molecule has 1 atom stereocenters. The summed E-state index contributed by atoms with van der Waals surface area (Å²) in [5, 5.41) is 3.41. The molecule has 1 heterocycles. The molecule has 1 aromatic heterocycles. The third-order valence-electron chi connectivity index (χ3n) is 2.02. The van der Waals surface area contributed by atoms with Gasteiger partial charge in [0.1, 0.15) is 0 Å². The van der Waals surface area contributed by atoms with Gasteiger partial charge in [-0.2, -0.15) is 0 Å². The van der Waals surface area contributed by atoms with E-state index in [4.69, 9.17) is 5.73 Å². The topological polar surface area (TPSA) is 26.0 Å². The van der Waals surface area contributed by atoms with Crippen LogP contribution in [0.25, 0.3) is 10.1 Å². The molecule has 1 nitrogen and oxygen atoms in total. The predicted molar refractivity (Wildman–Crippen MR) is 54.4 cm³/mol. The first kappa shape index (κ1) is 7.77. The van der Waals surface area contributed by atoms with Crippen molar-refractivity contribution >= 4 is 21.4 Å². The van der Waals surface area contributed by atoms with E-state index in [2.05, 4.69) is 29.6 Å². The van der Waals surface area contributed by atoms with Gasteiger partial charge in [-0.05, 0) is 35.4 Å². The molecule has 1 aromatic carbocycles. The Labute approximate surface area is 75.8 Å². The lowest BCUT2D eigenvalue weighted by Crippen LogP contribution is -2.04. The van der Waals surface area contributed by atoms with Crippen molar-refractivity contribution in [3.8, 4) is 0 Å². The third-order valence-corrected chi connectivity index (χ3v) is 2.90. The number of thiophene rings is 1. The minimum Gasteiger partial charge on any atom is -0.324 e. The Morgan fingerprint density at radius 3 is 2.92 bits per heavy atom. The van der Waals surface area contributed by atoms with Crippen molar-refractivity contribution in [1.29, 1.82) is 0 Å². The molecule has 2 aromatic rings. The van der Waals surface area contributed by atoms with E-state index in [1.54, 1.807) is 11.3 Å². The summed E-state index contributed by atoms with van der Waals surface area (Å²) in [6.07, 6.45) is 0. The zero-order chi connectivity index (χ0) is 8.55. The van der Waals surface area contributed by atoms with Crippen LogP contribution < -0.4 is 5.73 Å². The first-order valence-electron chi connectivity index (χ1n) is 4.01. The molecular formula is C10H11NS. The summed E-state index contributed by atoms with van der Waals surface area (Å²) in [7, 11) is 0. The summed E-state index contributed by atoms with van der Waals surface area (Å²) < 4.78 is 1.32. The Morgan fingerprint density at radius 2 is 2.17 bits per heavy atom. The van der Waals surface area contributed by atoms with E-state index < -0.39 is 0 Å². The molecule has 2 rings (SSSR count). The molecule has 2 heteroatoms. The summed E-state index contributed by atoms with van der Waals surface area (Å²) >= 11 is 1.76. The Morgan fingerprint density at radius 1 is 1.33 bits per heavy atom. The Kier molecular flexibility index (Phi) is 1.87. The summed E-state index contributed by atoms with van der Waals surface area (Å²) in [5.74, 6) is 0. The molecule has 0 bridgehead atoms. The molecule has 12 heavy (non-hydrogen) atoms. The van der Waals surface area contributed by atoms with E-state index >= 15 is 0 Å². The lowest BCUT2D eigenvalue weighted by molar-refractivity contribution is 0.827. The van der Waals surface area contributed by atoms with Gasteiger partial charge in [0, 0.05) is 10.7 Å². The molecule has 0 radical (unpaired) electrons. The number of hydrogen-bond acceptors (Lipinski definition) is 2. The SMILES string of the molecule is CC(N)c1cccc2sccc12. The molecule has 0 aliphatic heterocycles. The van der Waals surface area contributed by atoms with Crippen LogP contribution in [0.1, 0.15) is 18.5 Å². The summed E-state index contributed by atoms with van der Waals surface area (Å²) in [5.41, 5.74) is 7.09. The van der Waals surface area contributed by atoms with Crippen LogP contribution in [0.5, 0.6) is 0 Å². The van der Waals surface area contributed by atoms with Crippen LogP contribution in [0.4, 0.5) is 0 Å². The van der Waals surface area contributed by atoms with Gasteiger partial charge in [-0.25, -0.2) is 0 Å². The van der Waals surface area contributed by atoms with Gasteiger partial charge in [0.05, 0.1) is 0 Å². The van der Waals surface area contributed by atoms with Crippen LogP contribution in [0.3, 0.4) is 0 Å². The molecule has 0 saturated heterocycles. The minimum absolute atomic E-state index is 0.128. The maximum atomic E-state index is 5.84. The quantitative estimate of drug-likeness (QED) is 0.712. The van der Waals surface area contributed by atoms with Crippen LogP contribution >= 0.6 is 11.3 Å². The second-order valence-electron chi connectivity index (χ2n) is 2.97. The molecule has 0 fully saturated rings. The molecule has 0 saturated carbocycles. The number of benzene rings is 1. The van der Waals surface area contributed by atoms with Crippen molar-refractivity contribution < 1.29 is 0 Å². The average molecular weight is 177 g/mol. The minimum atomic E-state index is 0.128. The molecule has 2 N–H and O–H groups in total. The Hall–Kier alpha value is -0.860. The average Bonchev–Trinajstić information content (AvgIpc) is 2.49. The predicted octanol–water partition coefficient (Wildman–Crippen LogP) is 2.92. The van der Waals surface area contributed by atoms with Gasteiger partial charge in [0.2, 0.25) is 0 Å². The monoisotopic (exact) mass is 177 g/mol. The first-order chi connectivity index (χ1) is 5.79. The fourth-order valence-corrected chi connectivity index (χ4v) is 2.24. The van der Waals surface area contributed by atoms with Crippen molar-refractivity contribution in [1.82, 2.24) is 0 Å². The standard InChI is InChI=1S/C10H11NS/c1-7(11)8-3-2-4-10-9(8)5-6-12-10/h2-7H,11H2,1H3. The van der Waals surface area contributed by atoms with E-state index in [0.717, 1.165) is 0 Å². The van der Waals surface area contributed by atoms with Gasteiger partial charge in [-0.1, -0.05) is 12.1 Å². The third kappa shape index (κ3) is 1.13. The van der Waals surface area contributed by atoms with E-state index in [1.807, 2.05) is 6.92 Å². The summed E-state index contributed by atoms with van der Waals surface area (Å²) in [4.78, 5) is 0. The highest BCUT2D eigenvalue weighted by Gasteiger charge is 2.04. The molecule has 0 aliphatic carbocycles. The molecule has 0 amide bonds. The fourth-order valence-electron chi connectivity index (χ4n) is 1.41. The van der Waals surface area contributed by atoms with Crippen LogP contribution in [0, 0.1) is 0 Å². The number of rotatable bonds is 1. The largest absolute Gasteiger partial charge is 0.324 e. The normalized spacial score (nSPS) is 13.5. The maximum absolute atomic E-state index is 5.84. The van der Waals surface area contributed by atoms with E-state index in [1.165, 1.54) is 15.6 Å². The zero-order valence-electron chi connectivity index (χ0n) is 6.95. The second kappa shape index (κ2) is 2.88. The van der Waals surface area contributed by atoms with E-state index in [9.17, 15) is 0 Å². The second-order valence-corrected chi connectivity index (χ2v) is 3.92. The lowest BCUT2D eigenvalue weighted by atomic mass is 10.1. The van der Waals surface area contributed by atoms with Crippen molar-refractivity contribution in [2.24, 2.45) is 5.73 Å². The van der Waals surface area contributed by atoms with Gasteiger partial charge < -0.3 is 5.73 Å². The number of fused-ring (bicyclic) bond motifs is 1. The van der Waals surface area contributed by atoms with Crippen LogP contribution in [-0.2, 0) is 0 Å². The first-order valence-corrected chi connectivity index (χ1v) is 4.88. The molecule has 1 unspecified atom stereocenters. The van der Waals surface area contributed by atoms with Gasteiger partial charge in [-0.15, -0.1) is 11.3 Å². The summed E-state index contributed by atoms with van der Waals surface area (Å²) in [6, 6.07) is 8.56. The number of hydrogen-bond donors (Lipinski definition) is 1. The molecule has 0 spiro atoms. The van der Waals surface area contributed by atoms with Crippen molar-refractivity contribution in [3.05, 3.63) is 35.2 Å².